The molecule has 2 aromatic heterocycles. The quantitative estimate of drug-likeness (QED) is 0.254. The minimum Gasteiger partial charge on any atom is -0.455 e. The van der Waals surface area contributed by atoms with Crippen LogP contribution in [0, 0.1) is 0 Å². The lowest BCUT2D eigenvalue weighted by Crippen LogP contribution is -1.93. The molecule has 0 amide bonds. The molecule has 0 N–H and O–H groups in total. The molecule has 0 saturated heterocycles. The van der Waals surface area contributed by atoms with E-state index in [4.69, 9.17) is 9.40 Å². The van der Waals surface area contributed by atoms with Crippen LogP contribution in [0.15, 0.2) is 144 Å². The fourth-order valence-corrected chi connectivity index (χ4v) is 5.14. The molecule has 2 nitrogen and oxygen atoms in total. The van der Waals surface area contributed by atoms with E-state index in [1.165, 1.54) is 0 Å². The number of hydrogen-bond donors (Lipinski definition) is 0. The van der Waals surface area contributed by atoms with Gasteiger partial charge >= 0.3 is 0 Å². The molecule has 0 spiro atoms. The van der Waals surface area contributed by atoms with E-state index in [0.29, 0.717) is 0 Å². The van der Waals surface area contributed by atoms with E-state index in [1.54, 1.807) is 0 Å². The van der Waals surface area contributed by atoms with E-state index >= 15 is 0 Å². The minimum atomic E-state index is 0.882. The highest BCUT2D eigenvalue weighted by atomic mass is 16.3. The molecule has 0 aliphatic carbocycles. The second-order valence-electron chi connectivity index (χ2n) is 9.16. The Kier molecular flexibility index (Phi) is 5.15. The van der Waals surface area contributed by atoms with Gasteiger partial charge in [-0.3, -0.25) is 0 Å². The number of hydrogen-bond acceptors (Lipinski definition) is 2. The predicted octanol–water partition coefficient (Wildman–Crippen LogP) is 9.65. The number of rotatable bonds is 4. The summed E-state index contributed by atoms with van der Waals surface area (Å²) in [6.07, 6.45) is 0. The highest BCUT2D eigenvalue weighted by Crippen LogP contribution is 2.42. The number of furan rings is 1. The molecule has 0 radical (unpaired) electrons. The first-order chi connectivity index (χ1) is 18.4. The molecule has 0 aliphatic rings. The molecule has 0 unspecified atom stereocenters. The molecule has 0 aliphatic heterocycles. The van der Waals surface area contributed by atoms with Gasteiger partial charge in [0.05, 0.1) is 11.4 Å². The summed E-state index contributed by atoms with van der Waals surface area (Å²) >= 11 is 0. The van der Waals surface area contributed by atoms with Crippen molar-refractivity contribution in [3.8, 4) is 44.8 Å². The molecule has 0 fully saturated rings. The van der Waals surface area contributed by atoms with E-state index in [0.717, 1.165) is 66.7 Å². The van der Waals surface area contributed by atoms with Gasteiger partial charge in [0.2, 0.25) is 0 Å². The van der Waals surface area contributed by atoms with Crippen molar-refractivity contribution in [3.05, 3.63) is 140 Å². The van der Waals surface area contributed by atoms with Gasteiger partial charge in [-0.2, -0.15) is 0 Å². The molecule has 0 saturated carbocycles. The molecule has 174 valence electrons. The second-order valence-corrected chi connectivity index (χ2v) is 9.16. The summed E-state index contributed by atoms with van der Waals surface area (Å²) in [6.45, 7) is 0. The molecule has 2 heterocycles. The van der Waals surface area contributed by atoms with E-state index in [9.17, 15) is 0 Å². The number of para-hydroxylation sites is 2. The zero-order chi connectivity index (χ0) is 24.6. The second kappa shape index (κ2) is 8.92. The number of nitrogens with zero attached hydrogens (tertiary/aromatic N) is 1. The third kappa shape index (κ3) is 3.71. The Labute approximate surface area is 215 Å². The molecule has 7 aromatic rings. The number of benzene rings is 5. The van der Waals surface area contributed by atoms with E-state index in [1.807, 2.05) is 30.3 Å². The van der Waals surface area contributed by atoms with Crippen LogP contribution in [0.2, 0.25) is 0 Å². The Morgan fingerprint density at radius 1 is 0.378 bits per heavy atom. The van der Waals surface area contributed by atoms with Crippen molar-refractivity contribution >= 4 is 21.9 Å². The maximum Gasteiger partial charge on any atom is 0.143 e. The van der Waals surface area contributed by atoms with Crippen molar-refractivity contribution in [1.29, 1.82) is 0 Å². The van der Waals surface area contributed by atoms with Crippen LogP contribution in [0.1, 0.15) is 0 Å². The van der Waals surface area contributed by atoms with Crippen LogP contribution in [0.4, 0.5) is 0 Å². The van der Waals surface area contributed by atoms with E-state index in [-0.39, 0.29) is 0 Å². The van der Waals surface area contributed by atoms with Crippen LogP contribution < -0.4 is 0 Å². The zero-order valence-corrected chi connectivity index (χ0v) is 20.1. The van der Waals surface area contributed by atoms with Crippen LogP contribution >= 0.6 is 0 Å². The topological polar surface area (TPSA) is 26.0 Å². The fourth-order valence-electron chi connectivity index (χ4n) is 5.14. The summed E-state index contributed by atoms with van der Waals surface area (Å²) in [5, 5.41) is 2.23. The molecule has 5 aromatic carbocycles. The fraction of sp³-hybridized carbons (Fsp3) is 0. The first-order valence-electron chi connectivity index (χ1n) is 12.5. The molecule has 37 heavy (non-hydrogen) atoms. The van der Waals surface area contributed by atoms with Gasteiger partial charge in [-0.25, -0.2) is 4.98 Å². The minimum absolute atomic E-state index is 0.882. The van der Waals surface area contributed by atoms with Gasteiger partial charge < -0.3 is 4.42 Å². The molecule has 0 bridgehead atoms. The van der Waals surface area contributed by atoms with Gasteiger partial charge in [0.1, 0.15) is 11.2 Å². The Balaban J connectivity index is 1.49. The molecule has 0 atom stereocenters. The molecule has 7 rings (SSSR count). The first-order valence-corrected chi connectivity index (χ1v) is 12.5. The Bertz CT molecular complexity index is 1850. The highest BCUT2D eigenvalue weighted by Gasteiger charge is 2.18. The Morgan fingerprint density at radius 2 is 0.919 bits per heavy atom. The maximum absolute atomic E-state index is 6.70. The molecule has 2 heteroatoms. The zero-order valence-electron chi connectivity index (χ0n) is 20.1. The van der Waals surface area contributed by atoms with Gasteiger partial charge in [-0.1, -0.05) is 127 Å². The number of pyridine rings is 1. The van der Waals surface area contributed by atoms with Crippen molar-refractivity contribution < 1.29 is 4.42 Å². The summed E-state index contributed by atoms with van der Waals surface area (Å²) in [4.78, 5) is 5.17. The average molecular weight is 474 g/mol. The third-order valence-corrected chi connectivity index (χ3v) is 6.91. The lowest BCUT2D eigenvalue weighted by atomic mass is 9.96. The number of fused-ring (bicyclic) bond motifs is 3. The van der Waals surface area contributed by atoms with Gasteiger partial charge in [0.15, 0.2) is 0 Å². The average Bonchev–Trinajstić information content (AvgIpc) is 3.37. The summed E-state index contributed by atoms with van der Waals surface area (Å²) in [5.74, 6) is 0. The third-order valence-electron chi connectivity index (χ3n) is 6.91. The lowest BCUT2D eigenvalue weighted by Gasteiger charge is -2.12. The van der Waals surface area contributed by atoms with Crippen molar-refractivity contribution in [3.63, 3.8) is 0 Å². The van der Waals surface area contributed by atoms with E-state index < -0.39 is 0 Å². The van der Waals surface area contributed by atoms with Crippen LogP contribution in [-0.4, -0.2) is 4.98 Å². The predicted molar refractivity (Wildman–Crippen MR) is 153 cm³/mol. The summed E-state index contributed by atoms with van der Waals surface area (Å²) in [7, 11) is 0. The summed E-state index contributed by atoms with van der Waals surface area (Å²) < 4.78 is 6.70. The Morgan fingerprint density at radius 3 is 1.57 bits per heavy atom. The van der Waals surface area contributed by atoms with Gasteiger partial charge in [0.25, 0.3) is 0 Å². The summed E-state index contributed by atoms with van der Waals surface area (Å²) in [5.41, 5.74) is 10.2. The molecular weight excluding hydrogens is 450 g/mol. The van der Waals surface area contributed by atoms with Crippen molar-refractivity contribution in [1.82, 2.24) is 4.98 Å². The van der Waals surface area contributed by atoms with Crippen LogP contribution in [-0.2, 0) is 0 Å². The van der Waals surface area contributed by atoms with Crippen LogP contribution in [0.25, 0.3) is 66.7 Å². The molecular formula is C35H23NO. The van der Waals surface area contributed by atoms with Crippen molar-refractivity contribution in [2.75, 3.05) is 0 Å². The number of aromatic nitrogens is 1. The van der Waals surface area contributed by atoms with Crippen molar-refractivity contribution in [2.45, 2.75) is 0 Å². The van der Waals surface area contributed by atoms with Gasteiger partial charge in [0, 0.05) is 38.6 Å². The SMILES string of the molecule is c1ccc(-c2ccc(-c3cccc4c3oc3c(-c5ccccc5)cccc34)c(-c3ccccc3)n2)cc1. The van der Waals surface area contributed by atoms with Crippen molar-refractivity contribution in [2.24, 2.45) is 0 Å². The largest absolute Gasteiger partial charge is 0.455 e. The van der Waals surface area contributed by atoms with Crippen LogP contribution in [0.5, 0.6) is 0 Å². The summed E-state index contributed by atoms with van der Waals surface area (Å²) in [6, 6.07) is 48.2. The van der Waals surface area contributed by atoms with Gasteiger partial charge in [-0.15, -0.1) is 0 Å². The smallest absolute Gasteiger partial charge is 0.143 e. The maximum atomic E-state index is 6.70. The first kappa shape index (κ1) is 21.3. The Hall–Kier alpha value is -4.95. The highest BCUT2D eigenvalue weighted by molar-refractivity contribution is 6.13. The van der Waals surface area contributed by atoms with E-state index in [2.05, 4.69) is 109 Å². The lowest BCUT2D eigenvalue weighted by molar-refractivity contribution is 0.671. The normalized spacial score (nSPS) is 11.2. The standard InChI is InChI=1S/C35H23NO/c1-4-12-24(13-5-1)27-18-10-20-30-31-21-11-19-29(35(31)37-34(27)30)28-22-23-32(25-14-6-2-7-15-25)36-33(28)26-16-8-3-9-17-26/h1-23H. The monoisotopic (exact) mass is 473 g/mol. The van der Waals surface area contributed by atoms with Gasteiger partial charge in [-0.05, 0) is 17.7 Å². The van der Waals surface area contributed by atoms with Crippen LogP contribution in [0.3, 0.4) is 0 Å².